The number of hydrogen-bond donors (Lipinski definition) is 1. The van der Waals surface area contributed by atoms with Gasteiger partial charge in [-0.3, -0.25) is 0 Å². The van der Waals surface area contributed by atoms with E-state index >= 15 is 0 Å². The lowest BCUT2D eigenvalue weighted by Crippen LogP contribution is -2.23. The second-order valence-electron chi connectivity index (χ2n) is 4.61. The zero-order valence-corrected chi connectivity index (χ0v) is 14.3. The molecule has 1 atom stereocenters. The van der Waals surface area contributed by atoms with Crippen LogP contribution in [-0.2, 0) is 0 Å². The molecular formula is C16H16BrCl2N. The molecule has 0 fully saturated rings. The molecule has 2 rings (SSSR count). The number of rotatable bonds is 5. The number of hydrogen-bond acceptors (Lipinski definition) is 1. The van der Waals surface area contributed by atoms with Gasteiger partial charge in [0, 0.05) is 14.5 Å². The van der Waals surface area contributed by atoms with Crippen molar-refractivity contribution in [3.05, 3.63) is 68.1 Å². The minimum absolute atomic E-state index is 0.0975. The van der Waals surface area contributed by atoms with E-state index in [0.29, 0.717) is 0 Å². The summed E-state index contributed by atoms with van der Waals surface area (Å²) in [7, 11) is 0. The van der Waals surface area contributed by atoms with Crippen LogP contribution in [0.15, 0.2) is 46.9 Å². The normalized spacial score (nSPS) is 12.4. The van der Waals surface area contributed by atoms with Gasteiger partial charge in [-0.25, -0.2) is 0 Å². The quantitative estimate of drug-likeness (QED) is 0.694. The number of benzene rings is 2. The van der Waals surface area contributed by atoms with Crippen molar-refractivity contribution in [1.82, 2.24) is 5.32 Å². The fourth-order valence-corrected chi connectivity index (χ4v) is 3.23. The second-order valence-corrected chi connectivity index (χ2v) is 6.34. The summed E-state index contributed by atoms with van der Waals surface area (Å²) in [5.41, 5.74) is 2.30. The molecule has 4 heteroatoms. The molecule has 1 nitrogen and oxygen atoms in total. The van der Waals surface area contributed by atoms with E-state index in [2.05, 4.69) is 34.2 Å². The van der Waals surface area contributed by atoms with Gasteiger partial charge in [0.05, 0.1) is 6.04 Å². The molecule has 0 saturated heterocycles. The summed E-state index contributed by atoms with van der Waals surface area (Å²) in [5.74, 6) is 0. The Morgan fingerprint density at radius 2 is 1.85 bits per heavy atom. The van der Waals surface area contributed by atoms with Crippen LogP contribution < -0.4 is 5.32 Å². The molecule has 2 aromatic rings. The van der Waals surface area contributed by atoms with Crippen LogP contribution in [0.3, 0.4) is 0 Å². The molecule has 106 valence electrons. The molecule has 0 aliphatic heterocycles. The lowest BCUT2D eigenvalue weighted by molar-refractivity contribution is 0.597. The highest BCUT2D eigenvalue weighted by molar-refractivity contribution is 9.10. The highest BCUT2D eigenvalue weighted by Crippen LogP contribution is 2.31. The Balaban J connectivity index is 2.41. The molecule has 0 aliphatic carbocycles. The molecule has 0 aliphatic rings. The predicted molar refractivity (Wildman–Crippen MR) is 90.7 cm³/mol. The predicted octanol–water partition coefficient (Wildman–Crippen LogP) is 5.84. The molecule has 0 bridgehead atoms. The topological polar surface area (TPSA) is 12.0 Å². The van der Waals surface area contributed by atoms with Crippen molar-refractivity contribution in [3.63, 3.8) is 0 Å². The van der Waals surface area contributed by atoms with Gasteiger partial charge in [0.15, 0.2) is 0 Å². The summed E-state index contributed by atoms with van der Waals surface area (Å²) < 4.78 is 0.999. The lowest BCUT2D eigenvalue weighted by Gasteiger charge is -2.21. The molecule has 20 heavy (non-hydrogen) atoms. The van der Waals surface area contributed by atoms with Crippen LogP contribution in [0.2, 0.25) is 10.0 Å². The summed E-state index contributed by atoms with van der Waals surface area (Å²) in [5, 5.41) is 5.03. The minimum atomic E-state index is 0.0975. The van der Waals surface area contributed by atoms with Crippen LogP contribution >= 0.6 is 39.1 Å². The molecular weight excluding hydrogens is 357 g/mol. The minimum Gasteiger partial charge on any atom is -0.306 e. The fourth-order valence-electron chi connectivity index (χ4n) is 2.12. The Bertz CT molecular complexity index is 586. The Morgan fingerprint density at radius 1 is 1.10 bits per heavy atom. The monoisotopic (exact) mass is 371 g/mol. The van der Waals surface area contributed by atoms with E-state index in [4.69, 9.17) is 23.2 Å². The fraction of sp³-hybridized carbons (Fsp3) is 0.250. The largest absolute Gasteiger partial charge is 0.306 e. The molecule has 0 saturated carbocycles. The standard InChI is InChI=1S/C16H16BrCl2N/c1-2-8-20-16(11-4-3-5-12(18)9-11)14-7-6-13(19)10-15(14)17/h3-7,9-10,16,20H,2,8H2,1H3. The van der Waals surface area contributed by atoms with Crippen LogP contribution in [0.25, 0.3) is 0 Å². The van der Waals surface area contributed by atoms with Crippen LogP contribution in [-0.4, -0.2) is 6.54 Å². The van der Waals surface area contributed by atoms with E-state index in [9.17, 15) is 0 Å². The van der Waals surface area contributed by atoms with Gasteiger partial charge < -0.3 is 5.32 Å². The summed E-state index contributed by atoms with van der Waals surface area (Å²) in [6.45, 7) is 3.09. The molecule has 1 N–H and O–H groups in total. The average molecular weight is 373 g/mol. The van der Waals surface area contributed by atoms with Crippen molar-refractivity contribution in [2.45, 2.75) is 19.4 Å². The molecule has 0 spiro atoms. The van der Waals surface area contributed by atoms with Crippen molar-refractivity contribution in [2.75, 3.05) is 6.54 Å². The molecule has 0 heterocycles. The van der Waals surface area contributed by atoms with Crippen molar-refractivity contribution < 1.29 is 0 Å². The zero-order valence-electron chi connectivity index (χ0n) is 11.2. The van der Waals surface area contributed by atoms with Crippen LogP contribution in [0, 0.1) is 0 Å². The first kappa shape index (κ1) is 15.8. The van der Waals surface area contributed by atoms with Crippen molar-refractivity contribution in [1.29, 1.82) is 0 Å². The van der Waals surface area contributed by atoms with Gasteiger partial charge in [0.1, 0.15) is 0 Å². The Morgan fingerprint density at radius 3 is 2.50 bits per heavy atom. The molecule has 0 aromatic heterocycles. The first-order chi connectivity index (χ1) is 9.61. The molecule has 0 radical (unpaired) electrons. The van der Waals surface area contributed by atoms with Crippen molar-refractivity contribution in [3.8, 4) is 0 Å². The highest BCUT2D eigenvalue weighted by atomic mass is 79.9. The van der Waals surface area contributed by atoms with Crippen molar-refractivity contribution in [2.24, 2.45) is 0 Å². The summed E-state index contributed by atoms with van der Waals surface area (Å²) in [6.07, 6.45) is 1.07. The molecule has 1 unspecified atom stereocenters. The SMILES string of the molecule is CCCNC(c1cccc(Cl)c1)c1ccc(Cl)cc1Br. The van der Waals surface area contributed by atoms with Gasteiger partial charge in [-0.15, -0.1) is 0 Å². The van der Waals surface area contributed by atoms with E-state index in [-0.39, 0.29) is 6.04 Å². The third-order valence-corrected chi connectivity index (χ3v) is 4.21. The number of halogens is 3. The summed E-state index contributed by atoms with van der Waals surface area (Å²) in [4.78, 5) is 0. The van der Waals surface area contributed by atoms with Gasteiger partial charge in [0.25, 0.3) is 0 Å². The second kappa shape index (κ2) is 7.46. The maximum atomic E-state index is 6.11. The third kappa shape index (κ3) is 3.98. The van der Waals surface area contributed by atoms with E-state index in [1.165, 1.54) is 0 Å². The van der Waals surface area contributed by atoms with E-state index in [1.807, 2.05) is 36.4 Å². The highest BCUT2D eigenvalue weighted by Gasteiger charge is 2.16. The van der Waals surface area contributed by atoms with Gasteiger partial charge >= 0.3 is 0 Å². The van der Waals surface area contributed by atoms with Gasteiger partial charge in [0.2, 0.25) is 0 Å². The summed E-state index contributed by atoms with van der Waals surface area (Å²) >= 11 is 15.7. The molecule has 0 amide bonds. The Labute approximate surface area is 138 Å². The third-order valence-electron chi connectivity index (χ3n) is 3.05. The molecule has 2 aromatic carbocycles. The zero-order chi connectivity index (χ0) is 14.5. The van der Waals surface area contributed by atoms with Gasteiger partial charge in [-0.2, -0.15) is 0 Å². The van der Waals surface area contributed by atoms with Crippen LogP contribution in [0.4, 0.5) is 0 Å². The van der Waals surface area contributed by atoms with Gasteiger partial charge in [-0.1, -0.05) is 64.3 Å². The lowest BCUT2D eigenvalue weighted by atomic mass is 9.98. The number of nitrogens with one attached hydrogen (secondary N) is 1. The average Bonchev–Trinajstić information content (AvgIpc) is 2.41. The van der Waals surface area contributed by atoms with Crippen molar-refractivity contribution >= 4 is 39.1 Å². The Hall–Kier alpha value is -0.540. The smallest absolute Gasteiger partial charge is 0.0588 e. The van der Waals surface area contributed by atoms with E-state index in [1.54, 1.807) is 0 Å². The summed E-state index contributed by atoms with van der Waals surface area (Å²) in [6, 6.07) is 13.9. The maximum Gasteiger partial charge on any atom is 0.0588 e. The van der Waals surface area contributed by atoms with Gasteiger partial charge in [-0.05, 0) is 48.4 Å². The van der Waals surface area contributed by atoms with Crippen LogP contribution in [0.1, 0.15) is 30.5 Å². The maximum absolute atomic E-state index is 6.11. The van der Waals surface area contributed by atoms with Crippen LogP contribution in [0.5, 0.6) is 0 Å². The first-order valence-corrected chi connectivity index (χ1v) is 8.10. The van der Waals surface area contributed by atoms with E-state index < -0.39 is 0 Å². The Kier molecular flexibility index (Phi) is 5.91. The first-order valence-electron chi connectivity index (χ1n) is 6.55. The van der Waals surface area contributed by atoms with E-state index in [0.717, 1.165) is 38.6 Å².